The fraction of sp³-hybridized carbons (Fsp3) is 0.421. The molecule has 2 aliphatic heterocycles. The molecule has 0 unspecified atom stereocenters. The molecule has 24 heavy (non-hydrogen) atoms. The molecule has 3 heterocycles. The summed E-state index contributed by atoms with van der Waals surface area (Å²) in [6.07, 6.45) is 0. The topological polar surface area (TPSA) is 37.3 Å². The minimum atomic E-state index is 0.179. The number of halogens is 1. The number of benzene rings is 1. The second-order valence-electron chi connectivity index (χ2n) is 6.99. The first-order valence-corrected chi connectivity index (χ1v) is 9.29. The van der Waals surface area contributed by atoms with Gasteiger partial charge < -0.3 is 14.8 Å². The maximum absolute atomic E-state index is 13.0. The Morgan fingerprint density at radius 1 is 1.17 bits per heavy atom. The van der Waals surface area contributed by atoms with E-state index < -0.39 is 0 Å². The smallest absolute Gasteiger partial charge is 0.255 e. The van der Waals surface area contributed by atoms with E-state index in [-0.39, 0.29) is 5.91 Å². The summed E-state index contributed by atoms with van der Waals surface area (Å²) in [6, 6.07) is 10.2. The molecule has 1 N–H and O–H groups in total. The average Bonchev–Trinajstić information content (AvgIpc) is 3.20. The minimum absolute atomic E-state index is 0.179. The number of fused-ring (bicyclic) bond motifs is 1. The number of nitrogens with one attached hydrogen (secondary N) is 1. The lowest BCUT2D eigenvalue weighted by molar-refractivity contribution is 0.0781. The van der Waals surface area contributed by atoms with E-state index in [1.807, 2.05) is 30.0 Å². The number of hydrogen-bond acceptors (Lipinski definition) is 2. The molecule has 1 aromatic heterocycles. The lowest BCUT2D eigenvalue weighted by Gasteiger charge is -2.18. The van der Waals surface area contributed by atoms with Gasteiger partial charge in [-0.05, 0) is 49.9 Å². The van der Waals surface area contributed by atoms with Crippen molar-refractivity contribution in [1.82, 2.24) is 14.8 Å². The molecular formula is C19H22BrN3O. The quantitative estimate of drug-likeness (QED) is 0.859. The van der Waals surface area contributed by atoms with Crippen LogP contribution in [-0.4, -0.2) is 41.6 Å². The highest BCUT2D eigenvalue weighted by Gasteiger charge is 2.38. The van der Waals surface area contributed by atoms with Gasteiger partial charge in [-0.15, -0.1) is 0 Å². The first kappa shape index (κ1) is 15.9. The third kappa shape index (κ3) is 2.60. The average molecular weight is 388 g/mol. The highest BCUT2D eigenvalue weighted by molar-refractivity contribution is 9.10. The number of aromatic nitrogens is 1. The predicted molar refractivity (Wildman–Crippen MR) is 98.7 cm³/mol. The number of amides is 1. The summed E-state index contributed by atoms with van der Waals surface area (Å²) in [5, 5.41) is 3.43. The van der Waals surface area contributed by atoms with Gasteiger partial charge in [0.15, 0.2) is 0 Å². The SMILES string of the molecule is Cc1cc(C(=O)N2C[C@H]3CNC[C@H]3C2)c(C)n1-c1cccc(Br)c1. The van der Waals surface area contributed by atoms with E-state index in [0.717, 1.165) is 53.3 Å². The van der Waals surface area contributed by atoms with E-state index in [1.54, 1.807) is 0 Å². The van der Waals surface area contributed by atoms with Crippen LogP contribution in [0.1, 0.15) is 21.7 Å². The van der Waals surface area contributed by atoms with Crippen LogP contribution in [0.2, 0.25) is 0 Å². The number of aryl methyl sites for hydroxylation is 1. The third-order valence-electron chi connectivity index (χ3n) is 5.40. The number of rotatable bonds is 2. The van der Waals surface area contributed by atoms with Crippen LogP contribution in [0.5, 0.6) is 0 Å². The van der Waals surface area contributed by atoms with Gasteiger partial charge in [-0.1, -0.05) is 22.0 Å². The van der Waals surface area contributed by atoms with Gasteiger partial charge in [-0.25, -0.2) is 0 Å². The lowest BCUT2D eigenvalue weighted by Crippen LogP contribution is -2.32. The second kappa shape index (κ2) is 6.05. The van der Waals surface area contributed by atoms with Crippen LogP contribution in [-0.2, 0) is 0 Å². The number of hydrogen-bond donors (Lipinski definition) is 1. The standard InChI is InChI=1S/C19H22BrN3O/c1-12-6-18(13(2)23(12)17-5-3-4-16(20)7-17)19(24)22-10-14-8-21-9-15(14)11-22/h3-7,14-15,21H,8-11H2,1-2H3/t14-,15+. The van der Waals surface area contributed by atoms with Crippen molar-refractivity contribution >= 4 is 21.8 Å². The molecule has 2 fully saturated rings. The van der Waals surface area contributed by atoms with Crippen LogP contribution in [0.3, 0.4) is 0 Å². The molecule has 1 amide bonds. The maximum atomic E-state index is 13.0. The summed E-state index contributed by atoms with van der Waals surface area (Å²) in [5.41, 5.74) is 4.03. The zero-order chi connectivity index (χ0) is 16.8. The molecule has 0 saturated carbocycles. The summed E-state index contributed by atoms with van der Waals surface area (Å²) in [7, 11) is 0. The Morgan fingerprint density at radius 2 is 1.88 bits per heavy atom. The van der Waals surface area contributed by atoms with Crippen molar-refractivity contribution in [3.63, 3.8) is 0 Å². The summed E-state index contributed by atoms with van der Waals surface area (Å²) < 4.78 is 3.21. The van der Waals surface area contributed by atoms with Crippen molar-refractivity contribution in [3.8, 4) is 5.69 Å². The van der Waals surface area contributed by atoms with E-state index in [4.69, 9.17) is 0 Å². The molecule has 0 spiro atoms. The van der Waals surface area contributed by atoms with E-state index in [2.05, 4.69) is 44.9 Å². The van der Waals surface area contributed by atoms with Gasteiger partial charge in [-0.2, -0.15) is 0 Å². The molecule has 0 bridgehead atoms. The molecule has 4 rings (SSSR count). The predicted octanol–water partition coefficient (Wildman–Crippen LogP) is 3.15. The molecule has 2 aliphatic rings. The van der Waals surface area contributed by atoms with Crippen LogP contribution < -0.4 is 5.32 Å². The first-order valence-electron chi connectivity index (χ1n) is 8.49. The highest BCUT2D eigenvalue weighted by Crippen LogP contribution is 2.29. The van der Waals surface area contributed by atoms with Gasteiger partial charge in [0.2, 0.25) is 0 Å². The molecule has 4 nitrogen and oxygen atoms in total. The Balaban J connectivity index is 1.65. The Kier molecular flexibility index (Phi) is 4.01. The summed E-state index contributed by atoms with van der Waals surface area (Å²) in [5.74, 6) is 1.43. The van der Waals surface area contributed by atoms with E-state index in [9.17, 15) is 4.79 Å². The van der Waals surface area contributed by atoms with Crippen LogP contribution in [0.25, 0.3) is 5.69 Å². The first-order chi connectivity index (χ1) is 11.5. The van der Waals surface area contributed by atoms with Crippen molar-refractivity contribution in [1.29, 1.82) is 0 Å². The normalized spacial score (nSPS) is 22.9. The second-order valence-corrected chi connectivity index (χ2v) is 7.90. The zero-order valence-electron chi connectivity index (χ0n) is 14.1. The number of likely N-dealkylation sites (tertiary alicyclic amines) is 1. The Bertz CT molecular complexity index is 786. The van der Waals surface area contributed by atoms with Crippen molar-refractivity contribution in [3.05, 3.63) is 51.8 Å². The van der Waals surface area contributed by atoms with Gasteiger partial charge >= 0.3 is 0 Å². The van der Waals surface area contributed by atoms with E-state index >= 15 is 0 Å². The highest BCUT2D eigenvalue weighted by atomic mass is 79.9. The van der Waals surface area contributed by atoms with E-state index in [1.165, 1.54) is 0 Å². The number of carbonyl (C=O) groups excluding carboxylic acids is 1. The van der Waals surface area contributed by atoms with Crippen molar-refractivity contribution < 1.29 is 4.79 Å². The van der Waals surface area contributed by atoms with Crippen molar-refractivity contribution in [2.75, 3.05) is 26.2 Å². The van der Waals surface area contributed by atoms with Gasteiger partial charge in [-0.3, -0.25) is 4.79 Å². The monoisotopic (exact) mass is 387 g/mol. The van der Waals surface area contributed by atoms with Gasteiger partial charge in [0.1, 0.15) is 0 Å². The molecule has 5 heteroatoms. The molecule has 0 radical (unpaired) electrons. The van der Waals surface area contributed by atoms with Gasteiger partial charge in [0.25, 0.3) is 5.91 Å². The van der Waals surface area contributed by atoms with Crippen molar-refractivity contribution in [2.24, 2.45) is 11.8 Å². The Morgan fingerprint density at radius 3 is 2.54 bits per heavy atom. The Labute approximate surface area is 151 Å². The van der Waals surface area contributed by atoms with E-state index in [0.29, 0.717) is 11.8 Å². The fourth-order valence-corrected chi connectivity index (χ4v) is 4.57. The molecule has 126 valence electrons. The zero-order valence-corrected chi connectivity index (χ0v) is 15.6. The van der Waals surface area contributed by atoms with Gasteiger partial charge in [0.05, 0.1) is 5.56 Å². The fourth-order valence-electron chi connectivity index (χ4n) is 4.18. The number of nitrogens with zero attached hydrogens (tertiary/aromatic N) is 2. The molecule has 1 aromatic carbocycles. The lowest BCUT2D eigenvalue weighted by atomic mass is 10.0. The van der Waals surface area contributed by atoms with Gasteiger partial charge in [0, 0.05) is 47.7 Å². The van der Waals surface area contributed by atoms with Crippen LogP contribution in [0.4, 0.5) is 0 Å². The largest absolute Gasteiger partial charge is 0.338 e. The number of carbonyl (C=O) groups is 1. The molecule has 2 aromatic rings. The summed E-state index contributed by atoms with van der Waals surface area (Å²) >= 11 is 3.53. The molecule has 2 atom stereocenters. The van der Waals surface area contributed by atoms with Crippen LogP contribution >= 0.6 is 15.9 Å². The minimum Gasteiger partial charge on any atom is -0.338 e. The van der Waals surface area contributed by atoms with Crippen LogP contribution in [0, 0.1) is 25.7 Å². The summed E-state index contributed by atoms with van der Waals surface area (Å²) in [6.45, 7) is 7.97. The molecular weight excluding hydrogens is 366 g/mol. The van der Waals surface area contributed by atoms with Crippen LogP contribution in [0.15, 0.2) is 34.8 Å². The molecule has 0 aliphatic carbocycles. The maximum Gasteiger partial charge on any atom is 0.255 e. The summed E-state index contributed by atoms with van der Waals surface area (Å²) in [4.78, 5) is 15.1. The molecule has 2 saturated heterocycles. The Hall–Kier alpha value is -1.59. The third-order valence-corrected chi connectivity index (χ3v) is 5.90. The van der Waals surface area contributed by atoms with Crippen molar-refractivity contribution in [2.45, 2.75) is 13.8 Å².